The van der Waals surface area contributed by atoms with Crippen LogP contribution in [0.3, 0.4) is 0 Å². The van der Waals surface area contributed by atoms with E-state index in [1.54, 1.807) is 0 Å². The van der Waals surface area contributed by atoms with Crippen molar-refractivity contribution in [3.8, 4) is 0 Å². The molecule has 1 N–H and O–H groups in total. The van der Waals surface area contributed by atoms with Gasteiger partial charge in [0.05, 0.1) is 17.6 Å². The van der Waals surface area contributed by atoms with Crippen LogP contribution in [0, 0.1) is 10.6 Å². The Hall–Kier alpha value is -3.00. The number of H-pyrrole nitrogens is 1. The first-order chi connectivity index (χ1) is 16.6. The fourth-order valence-corrected chi connectivity index (χ4v) is 5.30. The molecule has 0 unspecified atom stereocenters. The molecule has 0 aliphatic heterocycles. The summed E-state index contributed by atoms with van der Waals surface area (Å²) in [6.45, 7) is 1.48. The van der Waals surface area contributed by atoms with Crippen molar-refractivity contribution < 1.29 is 4.39 Å². The second-order valence-corrected chi connectivity index (χ2v) is 9.55. The van der Waals surface area contributed by atoms with Crippen LogP contribution in [-0.2, 0) is 19.4 Å². The average molecular weight is 479 g/mol. The number of benzene rings is 2. The minimum absolute atomic E-state index is 0.216. The van der Waals surface area contributed by atoms with Gasteiger partial charge >= 0.3 is 0 Å². The summed E-state index contributed by atoms with van der Waals surface area (Å²) in [4.78, 5) is 10.3. The number of hydrogen-bond acceptors (Lipinski definition) is 4. The predicted molar refractivity (Wildman–Crippen MR) is 136 cm³/mol. The van der Waals surface area contributed by atoms with Gasteiger partial charge in [0.1, 0.15) is 17.5 Å². The summed E-state index contributed by atoms with van der Waals surface area (Å²) >= 11 is 5.94. The number of fused-ring (bicyclic) bond motifs is 1. The molecule has 0 spiro atoms. The third-order valence-corrected chi connectivity index (χ3v) is 7.23. The van der Waals surface area contributed by atoms with Crippen molar-refractivity contribution in [2.24, 2.45) is 0 Å². The molecule has 6 nitrogen and oxygen atoms in total. The lowest BCUT2D eigenvalue weighted by atomic mass is 9.95. The molecule has 0 atom stereocenters. The molecule has 8 heteroatoms. The monoisotopic (exact) mass is 478 g/mol. The van der Waals surface area contributed by atoms with Gasteiger partial charge in [-0.3, -0.25) is 0 Å². The van der Waals surface area contributed by atoms with Gasteiger partial charge in [0.15, 0.2) is 4.77 Å². The lowest BCUT2D eigenvalue weighted by Gasteiger charge is -2.25. The Bertz CT molecular complexity index is 1270. The van der Waals surface area contributed by atoms with Gasteiger partial charge in [-0.05, 0) is 61.5 Å². The molecule has 5 rings (SSSR count). The van der Waals surface area contributed by atoms with E-state index in [-0.39, 0.29) is 5.82 Å². The molecule has 1 saturated carbocycles. The summed E-state index contributed by atoms with van der Waals surface area (Å²) in [5.74, 6) is 1.77. The number of aryl methyl sites for hydroxylation is 2. The molecule has 4 aromatic rings. The zero-order valence-corrected chi connectivity index (χ0v) is 20.4. The molecule has 178 valence electrons. The van der Waals surface area contributed by atoms with Crippen molar-refractivity contribution in [2.75, 3.05) is 18.5 Å². The summed E-state index contributed by atoms with van der Waals surface area (Å²) in [6.07, 6.45) is 7.63. The van der Waals surface area contributed by atoms with Crippen molar-refractivity contribution >= 4 is 28.9 Å². The second-order valence-electron chi connectivity index (χ2n) is 9.18. The van der Waals surface area contributed by atoms with Crippen LogP contribution in [0.2, 0.25) is 0 Å². The minimum Gasteiger partial charge on any atom is -0.374 e. The lowest BCUT2D eigenvalue weighted by molar-refractivity contribution is 0.341. The number of aromatic nitrogens is 5. The van der Waals surface area contributed by atoms with E-state index < -0.39 is 0 Å². The number of nitrogens with zero attached hydrogens (tertiary/aromatic N) is 5. The van der Waals surface area contributed by atoms with E-state index in [9.17, 15) is 4.39 Å². The van der Waals surface area contributed by atoms with Gasteiger partial charge in [0.25, 0.3) is 0 Å². The van der Waals surface area contributed by atoms with Crippen LogP contribution in [0.25, 0.3) is 11.0 Å². The van der Waals surface area contributed by atoms with Crippen molar-refractivity contribution in [2.45, 2.75) is 57.5 Å². The van der Waals surface area contributed by atoms with E-state index in [1.807, 2.05) is 48.1 Å². The second kappa shape index (κ2) is 10.1. The van der Waals surface area contributed by atoms with E-state index in [1.165, 1.54) is 31.4 Å². The highest BCUT2D eigenvalue weighted by Gasteiger charge is 2.22. The number of anilines is 1. The summed E-state index contributed by atoms with van der Waals surface area (Å²) in [5.41, 5.74) is 3.03. The molecule has 1 aliphatic carbocycles. The molecule has 2 aromatic heterocycles. The fourth-order valence-electron chi connectivity index (χ4n) is 4.92. The van der Waals surface area contributed by atoms with Gasteiger partial charge < -0.3 is 14.5 Å². The van der Waals surface area contributed by atoms with Crippen LogP contribution in [-0.4, -0.2) is 37.9 Å². The maximum atomic E-state index is 13.3. The molecule has 2 heterocycles. The van der Waals surface area contributed by atoms with Crippen LogP contribution >= 0.6 is 12.2 Å². The molecule has 0 saturated heterocycles. The standard InChI is InChI=1S/C26H31FN6S/c1-31(20-13-11-19(27)12-14-20)17-16-25-30-32(26(34)33(25)21-7-3-2-4-8-21)18-15-24-28-22-9-5-6-10-23(22)29-24/h5-6,9-14,21H,2-4,7-8,15-18H2,1H3,(H,28,29). The lowest BCUT2D eigenvalue weighted by Crippen LogP contribution is -2.23. The molecule has 0 amide bonds. The first-order valence-electron chi connectivity index (χ1n) is 12.2. The Balaban J connectivity index is 1.35. The molecule has 1 aliphatic rings. The van der Waals surface area contributed by atoms with E-state index in [2.05, 4.69) is 14.5 Å². The quantitative estimate of drug-likeness (QED) is 0.323. The number of para-hydroxylation sites is 2. The molecule has 34 heavy (non-hydrogen) atoms. The summed E-state index contributed by atoms with van der Waals surface area (Å²) < 4.78 is 18.4. The van der Waals surface area contributed by atoms with Crippen molar-refractivity contribution in [1.82, 2.24) is 24.3 Å². The predicted octanol–water partition coefficient (Wildman–Crippen LogP) is 5.86. The average Bonchev–Trinajstić information content (AvgIpc) is 3.42. The molecule has 2 aromatic carbocycles. The third-order valence-electron chi connectivity index (χ3n) is 6.82. The van der Waals surface area contributed by atoms with Crippen molar-refractivity contribution in [3.63, 3.8) is 0 Å². The van der Waals surface area contributed by atoms with Crippen molar-refractivity contribution in [3.05, 3.63) is 70.8 Å². The summed E-state index contributed by atoms with van der Waals surface area (Å²) in [6, 6.07) is 15.1. The number of halogens is 1. The number of hydrogen-bond donors (Lipinski definition) is 1. The molecular formula is C26H31FN6S. The van der Waals surface area contributed by atoms with Gasteiger partial charge in [-0.15, -0.1) is 0 Å². The Morgan fingerprint density at radius 2 is 1.82 bits per heavy atom. The summed E-state index contributed by atoms with van der Waals surface area (Å²) in [7, 11) is 2.03. The van der Waals surface area contributed by atoms with Crippen LogP contribution in [0.1, 0.15) is 49.8 Å². The number of imidazole rings is 1. The zero-order chi connectivity index (χ0) is 23.5. The molecule has 0 radical (unpaired) electrons. The van der Waals surface area contributed by atoms with Gasteiger partial charge in [-0.2, -0.15) is 5.10 Å². The minimum atomic E-state index is -0.216. The Labute approximate surface area is 204 Å². The smallest absolute Gasteiger partial charge is 0.198 e. The fraction of sp³-hybridized carbons (Fsp3) is 0.423. The highest BCUT2D eigenvalue weighted by Crippen LogP contribution is 2.30. The third kappa shape index (κ3) is 4.92. The van der Waals surface area contributed by atoms with E-state index in [4.69, 9.17) is 22.3 Å². The largest absolute Gasteiger partial charge is 0.374 e. The maximum absolute atomic E-state index is 13.3. The van der Waals surface area contributed by atoms with E-state index in [0.717, 1.165) is 65.4 Å². The Morgan fingerprint density at radius 1 is 1.06 bits per heavy atom. The van der Waals surface area contributed by atoms with Crippen LogP contribution < -0.4 is 4.90 Å². The molecule has 1 fully saturated rings. The summed E-state index contributed by atoms with van der Waals surface area (Å²) in [5, 5.41) is 4.98. The van der Waals surface area contributed by atoms with Crippen molar-refractivity contribution in [1.29, 1.82) is 0 Å². The van der Waals surface area contributed by atoms with Crippen LogP contribution in [0.15, 0.2) is 48.5 Å². The Kier molecular flexibility index (Phi) is 6.76. The normalized spacial score (nSPS) is 14.6. The van der Waals surface area contributed by atoms with E-state index in [0.29, 0.717) is 12.6 Å². The van der Waals surface area contributed by atoms with Gasteiger partial charge in [-0.25, -0.2) is 14.1 Å². The highest BCUT2D eigenvalue weighted by molar-refractivity contribution is 7.71. The van der Waals surface area contributed by atoms with Gasteiger partial charge in [-0.1, -0.05) is 31.4 Å². The maximum Gasteiger partial charge on any atom is 0.198 e. The number of aromatic amines is 1. The zero-order valence-electron chi connectivity index (χ0n) is 19.6. The Morgan fingerprint density at radius 3 is 2.59 bits per heavy atom. The molecule has 0 bridgehead atoms. The highest BCUT2D eigenvalue weighted by atomic mass is 32.1. The van der Waals surface area contributed by atoms with Crippen LogP contribution in [0.5, 0.6) is 0 Å². The SMILES string of the molecule is CN(CCc1nn(CCc2nc3ccccc3[nH]2)c(=S)n1C1CCCCC1)c1ccc(F)cc1. The first-order valence-corrected chi connectivity index (χ1v) is 12.6. The topological polar surface area (TPSA) is 54.7 Å². The number of likely N-dealkylation sites (N-methyl/N-ethyl adjacent to an activating group) is 1. The number of rotatable bonds is 8. The van der Waals surface area contributed by atoms with Gasteiger partial charge in [0, 0.05) is 38.2 Å². The first kappa shape index (κ1) is 22.8. The van der Waals surface area contributed by atoms with Gasteiger partial charge in [0.2, 0.25) is 0 Å². The van der Waals surface area contributed by atoms with Crippen LogP contribution in [0.4, 0.5) is 10.1 Å². The van der Waals surface area contributed by atoms with E-state index >= 15 is 0 Å². The molecular weight excluding hydrogens is 447 g/mol. The number of nitrogens with one attached hydrogen (secondary N) is 1.